The monoisotopic (exact) mass is 494 g/mol. The van der Waals surface area contributed by atoms with E-state index in [1.165, 1.54) is 18.3 Å². The fraction of sp³-hybridized carbons (Fsp3) is 0.385. The molecule has 1 aliphatic carbocycles. The minimum absolute atomic E-state index is 0.218. The second-order valence-corrected chi connectivity index (χ2v) is 10.7. The van der Waals surface area contributed by atoms with Gasteiger partial charge in [0, 0.05) is 23.3 Å². The van der Waals surface area contributed by atoms with E-state index in [9.17, 15) is 14.4 Å². The number of thiophene rings is 1. The maximum atomic E-state index is 13.0. The second kappa shape index (κ2) is 10.0. The Balaban J connectivity index is 1.51. The molecule has 2 N–H and O–H groups in total. The highest BCUT2D eigenvalue weighted by molar-refractivity contribution is 7.17. The smallest absolute Gasteiger partial charge is 0.341 e. The van der Waals surface area contributed by atoms with Crippen LogP contribution in [0.15, 0.2) is 36.4 Å². The Bertz CT molecular complexity index is 1250. The summed E-state index contributed by atoms with van der Waals surface area (Å²) in [6.45, 7) is 7.10. The SMILES string of the molecule is CC(=O)Nc1sc2c(c1C(=O)OCC(=O)Nc1cc(C(C)(C)C)nn1-c1ccccc1)CCCC2. The molecular weight excluding hydrogens is 464 g/mol. The first-order valence-corrected chi connectivity index (χ1v) is 12.5. The molecule has 0 spiro atoms. The number of fused-ring (bicyclic) bond motifs is 1. The number of anilines is 2. The van der Waals surface area contributed by atoms with Crippen LogP contribution in [0.5, 0.6) is 0 Å². The summed E-state index contributed by atoms with van der Waals surface area (Å²) >= 11 is 1.42. The predicted molar refractivity (Wildman–Crippen MR) is 136 cm³/mol. The van der Waals surface area contributed by atoms with Gasteiger partial charge in [0.2, 0.25) is 5.91 Å². The van der Waals surface area contributed by atoms with Crippen LogP contribution in [0.2, 0.25) is 0 Å². The van der Waals surface area contributed by atoms with Crippen molar-refractivity contribution in [3.05, 3.63) is 58.1 Å². The summed E-state index contributed by atoms with van der Waals surface area (Å²) in [5, 5.41) is 10.8. The molecule has 35 heavy (non-hydrogen) atoms. The van der Waals surface area contributed by atoms with Crippen LogP contribution in [0.4, 0.5) is 10.8 Å². The molecule has 184 valence electrons. The number of aryl methyl sites for hydroxylation is 1. The number of carbonyl (C=O) groups is 3. The van der Waals surface area contributed by atoms with Gasteiger partial charge in [-0.3, -0.25) is 9.59 Å². The molecule has 8 nitrogen and oxygen atoms in total. The van der Waals surface area contributed by atoms with Crippen LogP contribution >= 0.6 is 11.3 Å². The van der Waals surface area contributed by atoms with Crippen molar-refractivity contribution in [2.75, 3.05) is 17.2 Å². The van der Waals surface area contributed by atoms with E-state index < -0.39 is 18.5 Å². The average molecular weight is 495 g/mol. The summed E-state index contributed by atoms with van der Waals surface area (Å²) in [4.78, 5) is 38.5. The summed E-state index contributed by atoms with van der Waals surface area (Å²) in [5.41, 5.74) is 2.70. The maximum Gasteiger partial charge on any atom is 0.341 e. The molecule has 0 saturated carbocycles. The van der Waals surface area contributed by atoms with Gasteiger partial charge in [-0.05, 0) is 43.4 Å². The summed E-state index contributed by atoms with van der Waals surface area (Å²) < 4.78 is 7.07. The Labute approximate surface area is 208 Å². The van der Waals surface area contributed by atoms with Crippen molar-refractivity contribution in [2.24, 2.45) is 0 Å². The van der Waals surface area contributed by atoms with E-state index in [-0.39, 0.29) is 11.3 Å². The number of benzene rings is 1. The molecule has 0 atom stereocenters. The third-order valence-corrected chi connectivity index (χ3v) is 6.95. The van der Waals surface area contributed by atoms with Gasteiger partial charge in [-0.25, -0.2) is 9.48 Å². The van der Waals surface area contributed by atoms with Gasteiger partial charge in [0.1, 0.15) is 10.8 Å². The third-order valence-electron chi connectivity index (χ3n) is 5.75. The van der Waals surface area contributed by atoms with Crippen molar-refractivity contribution < 1.29 is 19.1 Å². The van der Waals surface area contributed by atoms with E-state index in [2.05, 4.69) is 15.7 Å². The molecule has 0 aliphatic heterocycles. The van der Waals surface area contributed by atoms with Gasteiger partial charge in [0.05, 0.1) is 16.9 Å². The Kier molecular flexibility index (Phi) is 7.07. The summed E-state index contributed by atoms with van der Waals surface area (Å²) in [6, 6.07) is 11.3. The Morgan fingerprint density at radius 2 is 1.80 bits per heavy atom. The van der Waals surface area contributed by atoms with Crippen LogP contribution in [0, 0.1) is 0 Å². The standard InChI is InChI=1S/C26H30N4O4S/c1-16(31)27-24-23(18-12-8-9-13-19(18)35-24)25(33)34-15-22(32)28-21-14-20(26(2,3)4)29-30(21)17-10-6-5-7-11-17/h5-7,10-11,14H,8-9,12-13,15H2,1-4H3,(H,27,31)(H,28,32). The molecular formula is C26H30N4O4S. The molecule has 0 unspecified atom stereocenters. The number of hydrogen-bond acceptors (Lipinski definition) is 6. The first-order chi connectivity index (χ1) is 16.6. The van der Waals surface area contributed by atoms with Crippen LogP contribution in [0.1, 0.15) is 67.0 Å². The first kappa shape index (κ1) is 24.7. The van der Waals surface area contributed by atoms with E-state index in [0.29, 0.717) is 16.4 Å². The fourth-order valence-electron chi connectivity index (χ4n) is 4.01. The van der Waals surface area contributed by atoms with Gasteiger partial charge in [-0.15, -0.1) is 11.3 Å². The molecule has 0 fully saturated rings. The topological polar surface area (TPSA) is 102 Å². The van der Waals surface area contributed by atoms with E-state index in [1.54, 1.807) is 4.68 Å². The van der Waals surface area contributed by atoms with Crippen molar-refractivity contribution in [3.63, 3.8) is 0 Å². The third kappa shape index (κ3) is 5.62. The zero-order valence-corrected chi connectivity index (χ0v) is 21.3. The highest BCUT2D eigenvalue weighted by atomic mass is 32.1. The zero-order chi connectivity index (χ0) is 25.2. The number of ether oxygens (including phenoxy) is 1. The number of carbonyl (C=O) groups excluding carboxylic acids is 3. The quantitative estimate of drug-likeness (QED) is 0.476. The molecule has 3 aromatic rings. The molecule has 0 radical (unpaired) electrons. The molecule has 2 aromatic heterocycles. The van der Waals surface area contributed by atoms with E-state index in [1.807, 2.05) is 57.2 Å². The number of hydrogen-bond donors (Lipinski definition) is 2. The van der Waals surface area contributed by atoms with Crippen LogP contribution in [-0.4, -0.2) is 34.2 Å². The van der Waals surface area contributed by atoms with Crippen LogP contribution in [-0.2, 0) is 32.6 Å². The van der Waals surface area contributed by atoms with Crippen molar-refractivity contribution in [1.82, 2.24) is 9.78 Å². The van der Waals surface area contributed by atoms with Gasteiger partial charge in [-0.2, -0.15) is 5.10 Å². The zero-order valence-electron chi connectivity index (χ0n) is 20.4. The number of nitrogens with one attached hydrogen (secondary N) is 2. The number of para-hydroxylation sites is 1. The molecule has 0 saturated heterocycles. The van der Waals surface area contributed by atoms with E-state index in [4.69, 9.17) is 4.74 Å². The molecule has 4 rings (SSSR count). The number of nitrogens with zero attached hydrogens (tertiary/aromatic N) is 2. The lowest BCUT2D eigenvalue weighted by molar-refractivity contribution is -0.119. The fourth-order valence-corrected chi connectivity index (χ4v) is 5.34. The Morgan fingerprint density at radius 3 is 2.49 bits per heavy atom. The second-order valence-electron chi connectivity index (χ2n) is 9.63. The molecule has 9 heteroatoms. The molecule has 1 aromatic carbocycles. The van der Waals surface area contributed by atoms with Crippen molar-refractivity contribution >= 4 is 39.9 Å². The number of esters is 1. The van der Waals surface area contributed by atoms with Gasteiger partial charge >= 0.3 is 5.97 Å². The van der Waals surface area contributed by atoms with E-state index in [0.717, 1.165) is 47.5 Å². The minimum atomic E-state index is -0.602. The Hall–Kier alpha value is -3.46. The van der Waals surface area contributed by atoms with E-state index >= 15 is 0 Å². The van der Waals surface area contributed by atoms with Crippen LogP contribution < -0.4 is 10.6 Å². The summed E-state index contributed by atoms with van der Waals surface area (Å²) in [5.74, 6) is -0.829. The highest BCUT2D eigenvalue weighted by Gasteiger charge is 2.28. The highest BCUT2D eigenvalue weighted by Crippen LogP contribution is 2.38. The maximum absolute atomic E-state index is 13.0. The van der Waals surface area contributed by atoms with Gasteiger partial charge < -0.3 is 15.4 Å². The number of rotatable bonds is 6. The number of amides is 2. The summed E-state index contributed by atoms with van der Waals surface area (Å²) in [7, 11) is 0. The lowest BCUT2D eigenvalue weighted by Gasteiger charge is -2.14. The normalized spacial score (nSPS) is 13.1. The lowest BCUT2D eigenvalue weighted by atomic mass is 9.92. The van der Waals surface area contributed by atoms with Gasteiger partial charge in [-0.1, -0.05) is 39.0 Å². The average Bonchev–Trinajstić information content (AvgIpc) is 3.39. The summed E-state index contributed by atoms with van der Waals surface area (Å²) in [6.07, 6.45) is 3.66. The van der Waals surface area contributed by atoms with Gasteiger partial charge in [0.15, 0.2) is 6.61 Å². The van der Waals surface area contributed by atoms with Crippen molar-refractivity contribution in [2.45, 2.75) is 58.8 Å². The molecule has 0 bridgehead atoms. The first-order valence-electron chi connectivity index (χ1n) is 11.7. The predicted octanol–water partition coefficient (Wildman–Crippen LogP) is 4.86. The minimum Gasteiger partial charge on any atom is -0.452 e. The van der Waals surface area contributed by atoms with Crippen molar-refractivity contribution in [3.8, 4) is 5.69 Å². The largest absolute Gasteiger partial charge is 0.452 e. The molecule has 2 heterocycles. The molecule has 2 amide bonds. The van der Waals surface area contributed by atoms with Gasteiger partial charge in [0.25, 0.3) is 5.91 Å². The van der Waals surface area contributed by atoms with Crippen molar-refractivity contribution in [1.29, 1.82) is 0 Å². The number of aromatic nitrogens is 2. The lowest BCUT2D eigenvalue weighted by Crippen LogP contribution is -2.23. The van der Waals surface area contributed by atoms with Crippen LogP contribution in [0.3, 0.4) is 0 Å². The molecule has 1 aliphatic rings. The Morgan fingerprint density at radius 1 is 1.09 bits per heavy atom. The van der Waals surface area contributed by atoms with Crippen LogP contribution in [0.25, 0.3) is 5.69 Å².